The van der Waals surface area contributed by atoms with Gasteiger partial charge in [0.05, 0.1) is 10.9 Å². The number of anilines is 1. The summed E-state index contributed by atoms with van der Waals surface area (Å²) in [7, 11) is 0. The van der Waals surface area contributed by atoms with Crippen LogP contribution < -0.4 is 5.32 Å². The third-order valence-corrected chi connectivity index (χ3v) is 4.08. The number of hydrogen-bond acceptors (Lipinski definition) is 3. The first kappa shape index (κ1) is 14.1. The van der Waals surface area contributed by atoms with Crippen LogP contribution in [0.1, 0.15) is 26.7 Å². The molecule has 1 aromatic heterocycles. The van der Waals surface area contributed by atoms with Crippen LogP contribution in [-0.4, -0.2) is 21.9 Å². The number of benzene rings is 1. The van der Waals surface area contributed by atoms with Crippen molar-refractivity contribution in [2.45, 2.75) is 32.1 Å². The second-order valence-corrected chi connectivity index (χ2v) is 5.27. The fourth-order valence-electron chi connectivity index (χ4n) is 2.31. The van der Waals surface area contributed by atoms with Gasteiger partial charge in [-0.3, -0.25) is 0 Å². The van der Waals surface area contributed by atoms with Gasteiger partial charge in [0.1, 0.15) is 12.1 Å². The number of rotatable bonds is 6. The Hall–Kier alpha value is -1.35. The van der Waals surface area contributed by atoms with E-state index in [4.69, 9.17) is 11.6 Å². The first-order valence-electron chi connectivity index (χ1n) is 6.84. The molecule has 0 saturated heterocycles. The maximum Gasteiger partial charge on any atom is 0.137 e. The molecule has 1 N–H and O–H groups in total. The summed E-state index contributed by atoms with van der Waals surface area (Å²) in [5.41, 5.74) is 0.952. The van der Waals surface area contributed by atoms with Crippen LogP contribution in [0.25, 0.3) is 10.9 Å². The van der Waals surface area contributed by atoms with E-state index in [1.807, 2.05) is 24.3 Å². The highest BCUT2D eigenvalue weighted by Gasteiger charge is 2.15. The van der Waals surface area contributed by atoms with E-state index in [0.717, 1.165) is 36.1 Å². The third-order valence-electron chi connectivity index (χ3n) is 3.57. The maximum absolute atomic E-state index is 6.44. The summed E-state index contributed by atoms with van der Waals surface area (Å²) in [6.07, 6.45) is 3.80. The van der Waals surface area contributed by atoms with E-state index >= 15 is 0 Å². The Kier molecular flexibility index (Phi) is 4.97. The zero-order chi connectivity index (χ0) is 13.7. The normalized spacial score (nSPS) is 12.8. The molecule has 0 radical (unpaired) electrons. The standard InChI is InChI=1S/C15H20ClN3/c1-3-11(4-2)13(16)9-17-15-12-7-5-6-8-14(12)18-10-19-15/h5-8,10-11,13H,3-4,9H2,1-2H3,(H,17,18,19). The van der Waals surface area contributed by atoms with Crippen LogP contribution in [0.5, 0.6) is 0 Å². The molecule has 102 valence electrons. The van der Waals surface area contributed by atoms with Gasteiger partial charge in [-0.15, -0.1) is 11.6 Å². The summed E-state index contributed by atoms with van der Waals surface area (Å²) in [5, 5.41) is 4.52. The second-order valence-electron chi connectivity index (χ2n) is 4.71. The summed E-state index contributed by atoms with van der Waals surface area (Å²) in [6, 6.07) is 7.99. The van der Waals surface area contributed by atoms with E-state index in [1.54, 1.807) is 6.33 Å². The average molecular weight is 278 g/mol. The Morgan fingerprint density at radius 1 is 1.16 bits per heavy atom. The Labute approximate surface area is 119 Å². The Morgan fingerprint density at radius 3 is 2.63 bits per heavy atom. The zero-order valence-corrected chi connectivity index (χ0v) is 12.2. The van der Waals surface area contributed by atoms with Gasteiger partial charge in [0.2, 0.25) is 0 Å². The number of alkyl halides is 1. The molecule has 0 aliphatic carbocycles. The van der Waals surface area contributed by atoms with Crippen LogP contribution in [0.2, 0.25) is 0 Å². The molecular weight excluding hydrogens is 258 g/mol. The number of hydrogen-bond donors (Lipinski definition) is 1. The number of fused-ring (bicyclic) bond motifs is 1. The molecule has 1 unspecified atom stereocenters. The quantitative estimate of drug-likeness (QED) is 0.808. The van der Waals surface area contributed by atoms with E-state index < -0.39 is 0 Å². The van der Waals surface area contributed by atoms with Crippen LogP contribution in [0.15, 0.2) is 30.6 Å². The lowest BCUT2D eigenvalue weighted by Crippen LogP contribution is -2.23. The molecule has 0 saturated carbocycles. The molecule has 0 spiro atoms. The Balaban J connectivity index is 2.09. The lowest BCUT2D eigenvalue weighted by Gasteiger charge is -2.20. The van der Waals surface area contributed by atoms with Crippen molar-refractivity contribution in [3.63, 3.8) is 0 Å². The summed E-state index contributed by atoms with van der Waals surface area (Å²) in [6.45, 7) is 5.10. The van der Waals surface area contributed by atoms with Crippen molar-refractivity contribution in [3.05, 3.63) is 30.6 Å². The minimum atomic E-state index is 0.128. The molecule has 1 atom stereocenters. The van der Waals surface area contributed by atoms with Gasteiger partial charge in [-0.25, -0.2) is 9.97 Å². The SMILES string of the molecule is CCC(CC)C(Cl)CNc1ncnc2ccccc12. The highest BCUT2D eigenvalue weighted by atomic mass is 35.5. The number of nitrogens with one attached hydrogen (secondary N) is 1. The minimum absolute atomic E-state index is 0.128. The van der Waals surface area contributed by atoms with Crippen LogP contribution >= 0.6 is 11.6 Å². The summed E-state index contributed by atoms with van der Waals surface area (Å²) >= 11 is 6.44. The van der Waals surface area contributed by atoms with E-state index in [1.165, 1.54) is 0 Å². The number of para-hydroxylation sites is 1. The van der Waals surface area contributed by atoms with Gasteiger partial charge < -0.3 is 5.32 Å². The largest absolute Gasteiger partial charge is 0.368 e. The summed E-state index contributed by atoms with van der Waals surface area (Å²) in [5.74, 6) is 1.41. The lowest BCUT2D eigenvalue weighted by atomic mass is 9.99. The van der Waals surface area contributed by atoms with Gasteiger partial charge in [0.25, 0.3) is 0 Å². The van der Waals surface area contributed by atoms with E-state index in [-0.39, 0.29) is 5.38 Å². The topological polar surface area (TPSA) is 37.8 Å². The summed E-state index contributed by atoms with van der Waals surface area (Å²) < 4.78 is 0. The van der Waals surface area contributed by atoms with Crippen molar-refractivity contribution in [1.29, 1.82) is 0 Å². The fraction of sp³-hybridized carbons (Fsp3) is 0.467. The monoisotopic (exact) mass is 277 g/mol. The molecule has 2 aromatic rings. The predicted octanol–water partition coefficient (Wildman–Crippen LogP) is 4.09. The van der Waals surface area contributed by atoms with Crippen molar-refractivity contribution in [1.82, 2.24) is 9.97 Å². The van der Waals surface area contributed by atoms with Crippen molar-refractivity contribution in [2.75, 3.05) is 11.9 Å². The molecule has 4 heteroatoms. The molecule has 19 heavy (non-hydrogen) atoms. The van der Waals surface area contributed by atoms with Gasteiger partial charge >= 0.3 is 0 Å². The first-order valence-corrected chi connectivity index (χ1v) is 7.27. The van der Waals surface area contributed by atoms with Gasteiger partial charge in [0, 0.05) is 11.9 Å². The van der Waals surface area contributed by atoms with Crippen LogP contribution in [-0.2, 0) is 0 Å². The molecule has 0 aliphatic rings. The number of aromatic nitrogens is 2. The number of halogens is 1. The average Bonchev–Trinajstić information content (AvgIpc) is 2.46. The Morgan fingerprint density at radius 2 is 1.89 bits per heavy atom. The Bertz CT molecular complexity index is 520. The van der Waals surface area contributed by atoms with Gasteiger partial charge in [-0.05, 0) is 18.1 Å². The van der Waals surface area contributed by atoms with Crippen LogP contribution in [0, 0.1) is 5.92 Å². The number of nitrogens with zero attached hydrogens (tertiary/aromatic N) is 2. The fourth-order valence-corrected chi connectivity index (χ4v) is 2.74. The molecule has 2 rings (SSSR count). The second kappa shape index (κ2) is 6.71. The van der Waals surface area contributed by atoms with Gasteiger partial charge in [-0.2, -0.15) is 0 Å². The van der Waals surface area contributed by atoms with Crippen molar-refractivity contribution >= 4 is 28.3 Å². The van der Waals surface area contributed by atoms with Gasteiger partial charge in [0.15, 0.2) is 0 Å². The molecular formula is C15H20ClN3. The van der Waals surface area contributed by atoms with E-state index in [2.05, 4.69) is 29.1 Å². The smallest absolute Gasteiger partial charge is 0.137 e. The van der Waals surface area contributed by atoms with Crippen molar-refractivity contribution in [2.24, 2.45) is 5.92 Å². The molecule has 0 amide bonds. The lowest BCUT2D eigenvalue weighted by molar-refractivity contribution is 0.475. The highest BCUT2D eigenvalue weighted by Crippen LogP contribution is 2.21. The molecule has 0 bridgehead atoms. The molecule has 0 fully saturated rings. The predicted molar refractivity (Wildman–Crippen MR) is 81.7 cm³/mol. The first-order chi connectivity index (χ1) is 9.26. The van der Waals surface area contributed by atoms with Crippen molar-refractivity contribution in [3.8, 4) is 0 Å². The molecule has 1 heterocycles. The van der Waals surface area contributed by atoms with Crippen LogP contribution in [0.4, 0.5) is 5.82 Å². The van der Waals surface area contributed by atoms with E-state index in [9.17, 15) is 0 Å². The molecule has 1 aromatic carbocycles. The molecule has 0 aliphatic heterocycles. The van der Waals surface area contributed by atoms with Crippen LogP contribution in [0.3, 0.4) is 0 Å². The van der Waals surface area contributed by atoms with Gasteiger partial charge in [-0.1, -0.05) is 38.8 Å². The van der Waals surface area contributed by atoms with E-state index in [0.29, 0.717) is 5.92 Å². The highest BCUT2D eigenvalue weighted by molar-refractivity contribution is 6.21. The van der Waals surface area contributed by atoms with Crippen molar-refractivity contribution < 1.29 is 0 Å². The minimum Gasteiger partial charge on any atom is -0.368 e. The third kappa shape index (κ3) is 3.35. The zero-order valence-electron chi connectivity index (χ0n) is 11.4. The molecule has 3 nitrogen and oxygen atoms in total. The summed E-state index contributed by atoms with van der Waals surface area (Å²) in [4.78, 5) is 8.56. The maximum atomic E-state index is 6.44.